The van der Waals surface area contributed by atoms with E-state index in [1.165, 1.54) is 0 Å². The molecule has 0 aliphatic carbocycles. The highest BCUT2D eigenvalue weighted by Gasteiger charge is 2.23. The summed E-state index contributed by atoms with van der Waals surface area (Å²) in [6.07, 6.45) is 1.86. The Morgan fingerprint density at radius 1 is 0.308 bits per heavy atom. The fourth-order valence-corrected chi connectivity index (χ4v) is 10.8. The molecule has 10 nitrogen and oxygen atoms in total. The van der Waals surface area contributed by atoms with Crippen LogP contribution in [0.3, 0.4) is 0 Å². The summed E-state index contributed by atoms with van der Waals surface area (Å²) in [5, 5.41) is 73.9. The minimum absolute atomic E-state index is 0.360. The van der Waals surface area contributed by atoms with Crippen molar-refractivity contribution in [2.24, 2.45) is 0 Å². The second-order valence-corrected chi connectivity index (χ2v) is 19.1. The summed E-state index contributed by atoms with van der Waals surface area (Å²) >= 11 is 0. The number of aryl methyl sites for hydroxylation is 2. The highest BCUT2D eigenvalue weighted by atomic mass is 15.1. The van der Waals surface area contributed by atoms with E-state index in [-0.39, 0.29) is 0 Å². The fourth-order valence-electron chi connectivity index (χ4n) is 10.8. The van der Waals surface area contributed by atoms with Crippen LogP contribution in [0.1, 0.15) is 50.1 Å². The Morgan fingerprint density at radius 3 is 1.04 bits per heavy atom. The Morgan fingerprint density at radius 2 is 0.654 bits per heavy atom. The van der Waals surface area contributed by atoms with Crippen molar-refractivity contribution in [3.8, 4) is 110 Å². The third-order valence-corrected chi connectivity index (χ3v) is 14.6. The third-order valence-electron chi connectivity index (χ3n) is 14.6. The smallest absolute Gasteiger partial charge is 0.138 e. The van der Waals surface area contributed by atoms with Crippen molar-refractivity contribution in [2.75, 3.05) is 0 Å². The normalized spacial score (nSPS) is 10.9. The number of hydrogen-bond acceptors (Lipinski definition) is 8. The summed E-state index contributed by atoms with van der Waals surface area (Å²) < 4.78 is 4.29. The van der Waals surface area contributed by atoms with E-state index in [9.17, 15) is 36.8 Å². The van der Waals surface area contributed by atoms with Crippen LogP contribution in [0.2, 0.25) is 0 Å². The maximum absolute atomic E-state index is 10.3. The first-order valence-corrected chi connectivity index (χ1v) is 24.7. The van der Waals surface area contributed by atoms with Gasteiger partial charge in [0.1, 0.15) is 5.82 Å². The van der Waals surface area contributed by atoms with Crippen LogP contribution in [0.25, 0.3) is 111 Å². The van der Waals surface area contributed by atoms with Crippen LogP contribution in [0, 0.1) is 93.2 Å². The first-order chi connectivity index (χ1) is 38.1. The Labute approximate surface area is 448 Å². The van der Waals surface area contributed by atoms with E-state index in [1.54, 1.807) is 48.5 Å². The molecule has 12 rings (SSSR count). The minimum Gasteiger partial charge on any atom is -0.307 e. The predicted molar refractivity (Wildman–Crippen MR) is 303 cm³/mol. The van der Waals surface area contributed by atoms with E-state index in [4.69, 9.17) is 4.98 Å². The zero-order valence-electron chi connectivity index (χ0n) is 41.8. The molecule has 358 valence electrons. The molecule has 0 spiro atoms. The number of nitriles is 7. The molecule has 0 N–H and O–H groups in total. The average molecular weight is 993 g/mol. The minimum atomic E-state index is 0.360. The van der Waals surface area contributed by atoms with Gasteiger partial charge < -0.3 is 4.57 Å². The van der Waals surface area contributed by atoms with Gasteiger partial charge in [0.25, 0.3) is 0 Å². The molecule has 0 saturated carbocycles. The molecule has 0 amide bonds. The van der Waals surface area contributed by atoms with Crippen LogP contribution >= 0.6 is 0 Å². The van der Waals surface area contributed by atoms with Crippen LogP contribution in [-0.4, -0.2) is 14.1 Å². The molecule has 0 aliphatic rings. The molecule has 0 fully saturated rings. The summed E-state index contributed by atoms with van der Waals surface area (Å²) in [5.41, 5.74) is 17.0. The van der Waals surface area contributed by atoms with Crippen LogP contribution in [-0.2, 0) is 0 Å². The first kappa shape index (κ1) is 47.2. The Kier molecular flexibility index (Phi) is 11.4. The van der Waals surface area contributed by atoms with Gasteiger partial charge >= 0.3 is 0 Å². The van der Waals surface area contributed by atoms with E-state index in [2.05, 4.69) is 82.0 Å². The number of benzene rings is 9. The van der Waals surface area contributed by atoms with Crippen molar-refractivity contribution < 1.29 is 0 Å². The van der Waals surface area contributed by atoms with Crippen LogP contribution in [0.5, 0.6) is 0 Å². The van der Waals surface area contributed by atoms with Crippen molar-refractivity contribution in [1.82, 2.24) is 14.1 Å². The van der Waals surface area contributed by atoms with Gasteiger partial charge in [0, 0.05) is 27.1 Å². The average Bonchev–Trinajstić information content (AvgIpc) is 4.23. The third kappa shape index (κ3) is 7.80. The zero-order chi connectivity index (χ0) is 53.8. The van der Waals surface area contributed by atoms with Gasteiger partial charge in [-0.05, 0) is 178 Å². The number of nitrogens with zero attached hydrogens (tertiary/aromatic N) is 10. The summed E-state index contributed by atoms with van der Waals surface area (Å²) in [7, 11) is 0. The maximum atomic E-state index is 10.3. The lowest BCUT2D eigenvalue weighted by Crippen LogP contribution is -2.03. The second-order valence-electron chi connectivity index (χ2n) is 19.1. The largest absolute Gasteiger partial charge is 0.307 e. The van der Waals surface area contributed by atoms with Crippen molar-refractivity contribution in [3.05, 3.63) is 232 Å². The Hall–Kier alpha value is -11.8. The van der Waals surface area contributed by atoms with E-state index in [0.29, 0.717) is 55.9 Å². The van der Waals surface area contributed by atoms with Crippen LogP contribution in [0.15, 0.2) is 182 Å². The molecular weight excluding hydrogens is 957 g/mol. The quantitative estimate of drug-likeness (QED) is 0.151. The Bertz CT molecular complexity index is 4650. The van der Waals surface area contributed by atoms with Gasteiger partial charge in [-0.3, -0.25) is 4.57 Å². The zero-order valence-corrected chi connectivity index (χ0v) is 41.8. The van der Waals surface area contributed by atoms with E-state index >= 15 is 0 Å². The molecule has 0 unspecified atom stereocenters. The molecular formula is C68H36N10. The molecule has 10 heteroatoms. The SMILES string of the molecule is Cc1ccc(-c2ccc3c(c2)c2cc(-c4ccc(C)cc4C#N)ccc2n3-c2cc(-c3ccc(C#N)cc3)c(-n3c4ccc(-c5ccc(C#N)cc5C#N)cc4c4cc(-c5ccc(C#N)cc5C#N)ccc43)cn2)c(C#N)c1. The molecule has 12 aromatic rings. The molecule has 0 aliphatic heterocycles. The fraction of sp³-hybridized carbons (Fsp3) is 0.0294. The maximum Gasteiger partial charge on any atom is 0.138 e. The Balaban J connectivity index is 1.13. The molecule has 0 radical (unpaired) electrons. The van der Waals surface area contributed by atoms with Gasteiger partial charge in [-0.25, -0.2) is 4.98 Å². The lowest BCUT2D eigenvalue weighted by Gasteiger charge is -2.17. The number of aromatic nitrogens is 3. The van der Waals surface area contributed by atoms with E-state index < -0.39 is 0 Å². The van der Waals surface area contributed by atoms with Gasteiger partial charge in [0.2, 0.25) is 0 Å². The highest BCUT2D eigenvalue weighted by Crippen LogP contribution is 2.43. The molecule has 0 saturated heterocycles. The lowest BCUT2D eigenvalue weighted by atomic mass is 9.95. The molecule has 9 aromatic carbocycles. The summed E-state index contributed by atoms with van der Waals surface area (Å²) in [5.74, 6) is 0.611. The molecule has 0 atom stereocenters. The topological polar surface area (TPSA) is 189 Å². The number of fused-ring (bicyclic) bond motifs is 6. The van der Waals surface area contributed by atoms with Crippen molar-refractivity contribution in [3.63, 3.8) is 0 Å². The van der Waals surface area contributed by atoms with Crippen molar-refractivity contribution in [2.45, 2.75) is 13.8 Å². The summed E-state index contributed by atoms with van der Waals surface area (Å²) in [6, 6.07) is 71.8. The number of rotatable bonds is 7. The molecule has 0 bridgehead atoms. The monoisotopic (exact) mass is 992 g/mol. The van der Waals surface area contributed by atoms with Gasteiger partial charge in [-0.15, -0.1) is 0 Å². The lowest BCUT2D eigenvalue weighted by molar-refractivity contribution is 1.06. The van der Waals surface area contributed by atoms with Crippen molar-refractivity contribution in [1.29, 1.82) is 36.8 Å². The van der Waals surface area contributed by atoms with Crippen LogP contribution < -0.4 is 0 Å². The summed E-state index contributed by atoms with van der Waals surface area (Å²) in [6.45, 7) is 3.94. The standard InChI is InChI=1S/C68H36N10/c1-40-3-15-54(50(23-40)35-72)46-13-21-65-61(29-46)62-30-47(55-16-4-41(2)24-51(55)36-73)14-22-66(62)78(65)68-31-58(45-9-5-42(32-69)6-10-45)67(39-76-68)77-63-19-11-48(56-17-7-43(33-70)25-52(56)37-74)27-59(63)60-28-49(12-20-64(60)77)57-18-8-44(34-71)26-53(57)38-75/h3-31,39H,1-2H3. The summed E-state index contributed by atoms with van der Waals surface area (Å²) in [4.78, 5) is 5.33. The molecule has 78 heavy (non-hydrogen) atoms. The van der Waals surface area contributed by atoms with Crippen molar-refractivity contribution >= 4 is 43.6 Å². The predicted octanol–water partition coefficient (Wildman–Crippen LogP) is 15.3. The van der Waals surface area contributed by atoms with Gasteiger partial charge in [-0.2, -0.15) is 36.8 Å². The molecule has 3 heterocycles. The van der Waals surface area contributed by atoms with Gasteiger partial charge in [0.15, 0.2) is 0 Å². The van der Waals surface area contributed by atoms with Gasteiger partial charge in [-0.1, -0.05) is 72.8 Å². The number of pyridine rings is 1. The van der Waals surface area contributed by atoms with Gasteiger partial charge in [0.05, 0.1) is 115 Å². The first-order valence-electron chi connectivity index (χ1n) is 24.7. The van der Waals surface area contributed by atoms with E-state index in [0.717, 1.165) is 105 Å². The van der Waals surface area contributed by atoms with E-state index in [1.807, 2.05) is 117 Å². The molecule has 3 aromatic heterocycles. The number of hydrogen-bond donors (Lipinski definition) is 0. The van der Waals surface area contributed by atoms with Crippen LogP contribution in [0.4, 0.5) is 0 Å². The highest BCUT2D eigenvalue weighted by molar-refractivity contribution is 6.14. The second kappa shape index (κ2) is 18.9.